The van der Waals surface area contributed by atoms with E-state index in [4.69, 9.17) is 36.2 Å². The molecule has 0 saturated heterocycles. The van der Waals surface area contributed by atoms with E-state index in [9.17, 15) is 14.7 Å². The van der Waals surface area contributed by atoms with Crippen molar-refractivity contribution < 1.29 is 19.8 Å². The second-order valence-electron chi connectivity index (χ2n) is 4.63. The molecule has 112 valence electrons. The van der Waals surface area contributed by atoms with Crippen molar-refractivity contribution in [2.45, 2.75) is 25.0 Å². The number of aliphatic hydroxyl groups is 1. The number of carboxylic acids is 1. The maximum absolute atomic E-state index is 11.3. The molecule has 8 heteroatoms. The molecule has 2 radical (unpaired) electrons. The molecule has 21 heavy (non-hydrogen) atoms. The van der Waals surface area contributed by atoms with E-state index in [0.29, 0.717) is 15.6 Å². The Kier molecular flexibility index (Phi) is 6.52. The Morgan fingerprint density at radius 2 is 1.95 bits per heavy atom. The third kappa shape index (κ3) is 5.23. The molecule has 0 heterocycles. The molecular formula is C13H14BCl2NO4. The fraction of sp³-hybridized carbons (Fsp3) is 0.385. The summed E-state index contributed by atoms with van der Waals surface area (Å²) in [4.78, 5) is 23.1. The van der Waals surface area contributed by atoms with Crippen LogP contribution in [0.1, 0.15) is 12.0 Å². The van der Waals surface area contributed by atoms with Gasteiger partial charge >= 0.3 is 5.97 Å². The van der Waals surface area contributed by atoms with Gasteiger partial charge in [-0.25, -0.2) is 0 Å². The van der Waals surface area contributed by atoms with Gasteiger partial charge in [-0.05, 0) is 24.1 Å². The fourth-order valence-corrected chi connectivity index (χ4v) is 2.24. The first-order valence-corrected chi connectivity index (χ1v) is 6.84. The first-order valence-electron chi connectivity index (χ1n) is 6.08. The first kappa shape index (κ1) is 17.8. The molecule has 1 aromatic carbocycles. The number of halogens is 2. The number of hydrogen-bond acceptors (Lipinski definition) is 3. The Hall–Kier alpha value is -1.24. The van der Waals surface area contributed by atoms with E-state index >= 15 is 0 Å². The van der Waals surface area contributed by atoms with Gasteiger partial charge in [0.15, 0.2) is 5.81 Å². The van der Waals surface area contributed by atoms with Crippen LogP contribution in [0.3, 0.4) is 0 Å². The summed E-state index contributed by atoms with van der Waals surface area (Å²) in [5.74, 6) is -1.93. The largest absolute Gasteiger partial charge is 0.481 e. The summed E-state index contributed by atoms with van der Waals surface area (Å²) in [6, 6.07) is 4.09. The van der Waals surface area contributed by atoms with E-state index < -0.39 is 30.3 Å². The van der Waals surface area contributed by atoms with Gasteiger partial charge in [0.25, 0.3) is 0 Å². The lowest BCUT2D eigenvalue weighted by Gasteiger charge is -2.31. The van der Waals surface area contributed by atoms with E-state index in [1.165, 1.54) is 7.05 Å². The zero-order valence-corrected chi connectivity index (χ0v) is 12.8. The number of carbonyl (C=O) groups is 2. The average Bonchev–Trinajstić information content (AvgIpc) is 2.38. The summed E-state index contributed by atoms with van der Waals surface area (Å²) in [6.07, 6.45) is -1.55. The van der Waals surface area contributed by atoms with Gasteiger partial charge in [0.2, 0.25) is 7.85 Å². The number of benzene rings is 1. The number of aliphatic hydroxyl groups excluding tert-OH is 1. The second-order valence-corrected chi connectivity index (χ2v) is 5.45. The van der Waals surface area contributed by atoms with Crippen LogP contribution in [0, 0.1) is 0 Å². The van der Waals surface area contributed by atoms with Gasteiger partial charge in [-0.1, -0.05) is 29.3 Å². The van der Waals surface area contributed by atoms with Gasteiger partial charge < -0.3 is 15.1 Å². The van der Waals surface area contributed by atoms with Crippen molar-refractivity contribution >= 4 is 42.8 Å². The number of hydrogen-bond donors (Lipinski definition) is 2. The molecule has 0 aliphatic rings. The van der Waals surface area contributed by atoms with Crippen LogP contribution in [0.2, 0.25) is 10.0 Å². The monoisotopic (exact) mass is 329 g/mol. The summed E-state index contributed by atoms with van der Waals surface area (Å²) in [5, 5.41) is 19.5. The van der Waals surface area contributed by atoms with E-state index in [1.807, 2.05) is 0 Å². The molecule has 2 atom stereocenters. The van der Waals surface area contributed by atoms with E-state index in [-0.39, 0.29) is 6.42 Å². The highest BCUT2D eigenvalue weighted by Crippen LogP contribution is 2.24. The van der Waals surface area contributed by atoms with Crippen molar-refractivity contribution in [2.75, 3.05) is 7.05 Å². The van der Waals surface area contributed by atoms with Crippen LogP contribution in [0.15, 0.2) is 18.2 Å². The van der Waals surface area contributed by atoms with Crippen LogP contribution in [0.25, 0.3) is 0 Å². The highest BCUT2D eigenvalue weighted by molar-refractivity contribution is 6.56. The maximum Gasteiger partial charge on any atom is 0.306 e. The molecule has 0 aliphatic heterocycles. The third-order valence-corrected chi connectivity index (χ3v) is 3.84. The van der Waals surface area contributed by atoms with Crippen LogP contribution in [0.4, 0.5) is 4.79 Å². The molecule has 1 amide bonds. The summed E-state index contributed by atoms with van der Waals surface area (Å²) in [5.41, 5.74) is 0.701. The zero-order chi connectivity index (χ0) is 16.2. The SMILES string of the molecule is [B]C(=O)N(C)[C@H](Cc1ccc(Cl)c(Cl)c1)C(O)CC(=O)O. The number of nitrogens with zero attached hydrogens (tertiary/aromatic N) is 1. The van der Waals surface area contributed by atoms with Crippen molar-refractivity contribution in [3.8, 4) is 0 Å². The fourth-order valence-electron chi connectivity index (χ4n) is 1.92. The number of carbonyl (C=O) groups excluding carboxylic acids is 1. The summed E-state index contributed by atoms with van der Waals surface area (Å²) < 4.78 is 0. The lowest BCUT2D eigenvalue weighted by Crippen LogP contribution is -2.46. The Morgan fingerprint density at radius 3 is 2.43 bits per heavy atom. The molecule has 2 N–H and O–H groups in total. The predicted octanol–water partition coefficient (Wildman–Crippen LogP) is 1.96. The lowest BCUT2D eigenvalue weighted by molar-refractivity contribution is -0.140. The molecule has 0 bridgehead atoms. The number of aliphatic carboxylic acids is 1. The topological polar surface area (TPSA) is 77.8 Å². The Balaban J connectivity index is 2.97. The van der Waals surface area contributed by atoms with Crippen LogP contribution in [0.5, 0.6) is 0 Å². The number of rotatable bonds is 6. The van der Waals surface area contributed by atoms with Crippen molar-refractivity contribution in [1.29, 1.82) is 0 Å². The molecule has 0 spiro atoms. The van der Waals surface area contributed by atoms with Crippen molar-refractivity contribution in [3.05, 3.63) is 33.8 Å². The molecule has 1 unspecified atom stereocenters. The summed E-state index contributed by atoms with van der Waals surface area (Å²) in [7, 11) is 6.59. The quantitative estimate of drug-likeness (QED) is 0.782. The predicted molar refractivity (Wildman–Crippen MR) is 81.1 cm³/mol. The highest BCUT2D eigenvalue weighted by atomic mass is 35.5. The average molecular weight is 330 g/mol. The van der Waals surface area contributed by atoms with Crippen LogP contribution < -0.4 is 0 Å². The number of amides is 1. The molecule has 0 saturated carbocycles. The zero-order valence-electron chi connectivity index (χ0n) is 11.3. The molecule has 0 fully saturated rings. The molecule has 5 nitrogen and oxygen atoms in total. The van der Waals surface area contributed by atoms with Gasteiger partial charge in [0, 0.05) is 7.05 Å². The molecule has 1 rings (SSSR count). The van der Waals surface area contributed by atoms with Crippen molar-refractivity contribution in [2.24, 2.45) is 0 Å². The summed E-state index contributed by atoms with van der Waals surface area (Å²) >= 11 is 11.7. The van der Waals surface area contributed by atoms with Crippen LogP contribution in [-0.2, 0) is 11.2 Å². The molecule has 0 aromatic heterocycles. The lowest BCUT2D eigenvalue weighted by atomic mass is 9.96. The third-order valence-electron chi connectivity index (χ3n) is 3.10. The molecule has 1 aromatic rings. The second kappa shape index (κ2) is 7.68. The first-order chi connectivity index (χ1) is 9.72. The Bertz CT molecular complexity index is 541. The van der Waals surface area contributed by atoms with E-state index in [2.05, 4.69) is 0 Å². The van der Waals surface area contributed by atoms with E-state index in [1.54, 1.807) is 18.2 Å². The molecular weight excluding hydrogens is 316 g/mol. The maximum atomic E-state index is 11.3. The minimum atomic E-state index is -1.26. The van der Waals surface area contributed by atoms with Gasteiger partial charge in [0.1, 0.15) is 0 Å². The van der Waals surface area contributed by atoms with Gasteiger partial charge in [-0.2, -0.15) is 0 Å². The standard InChI is InChI=1S/C13H14BCl2NO4/c1-17(13(14)21)10(11(18)6-12(19)20)5-7-2-3-8(15)9(16)4-7/h2-4,10-11,18H,5-6H2,1H3,(H,19,20)/t10-,11?/m1/s1. The van der Waals surface area contributed by atoms with Crippen LogP contribution >= 0.6 is 23.2 Å². The van der Waals surface area contributed by atoms with E-state index in [0.717, 1.165) is 4.90 Å². The Labute approximate surface area is 133 Å². The number of likely N-dealkylation sites (N-methyl/N-ethyl adjacent to an activating group) is 1. The summed E-state index contributed by atoms with van der Waals surface area (Å²) in [6.45, 7) is 0. The van der Waals surface area contributed by atoms with Crippen molar-refractivity contribution in [1.82, 2.24) is 4.90 Å². The molecule has 0 aliphatic carbocycles. The minimum Gasteiger partial charge on any atom is -0.481 e. The highest BCUT2D eigenvalue weighted by Gasteiger charge is 2.27. The van der Waals surface area contributed by atoms with Crippen molar-refractivity contribution in [3.63, 3.8) is 0 Å². The Morgan fingerprint density at radius 1 is 1.33 bits per heavy atom. The van der Waals surface area contributed by atoms with Gasteiger partial charge in [-0.15, -0.1) is 0 Å². The van der Waals surface area contributed by atoms with Gasteiger partial charge in [-0.3, -0.25) is 9.59 Å². The smallest absolute Gasteiger partial charge is 0.306 e. The normalized spacial score (nSPS) is 13.5. The number of carboxylic acid groups (broad SMARTS) is 1. The van der Waals surface area contributed by atoms with Crippen LogP contribution in [-0.4, -0.2) is 53.9 Å². The minimum absolute atomic E-state index is 0.199. The van der Waals surface area contributed by atoms with Gasteiger partial charge in [0.05, 0.1) is 28.6 Å².